The molecule has 0 bridgehead atoms. The van der Waals surface area contributed by atoms with Gasteiger partial charge in [-0.05, 0) is 6.07 Å². The van der Waals surface area contributed by atoms with Gasteiger partial charge in [-0.3, -0.25) is 9.48 Å². The van der Waals surface area contributed by atoms with E-state index >= 15 is 0 Å². The van der Waals surface area contributed by atoms with Crippen LogP contribution in [0.15, 0.2) is 24.3 Å². The minimum Gasteiger partial charge on any atom is -0.383 e. The number of alkyl halides is 1. The zero-order valence-corrected chi connectivity index (χ0v) is 13.4. The van der Waals surface area contributed by atoms with Gasteiger partial charge in [-0.15, -0.1) is 0 Å². The summed E-state index contributed by atoms with van der Waals surface area (Å²) in [6, 6.07) is 7.73. The van der Waals surface area contributed by atoms with Crippen molar-refractivity contribution in [3.63, 3.8) is 0 Å². The summed E-state index contributed by atoms with van der Waals surface area (Å²) in [5, 5.41) is 5.22. The Morgan fingerprint density at radius 2 is 2.20 bits per heavy atom. The predicted octanol–water partition coefficient (Wildman–Crippen LogP) is 2.06. The van der Waals surface area contributed by atoms with Crippen molar-refractivity contribution in [2.75, 3.05) is 27.3 Å². The van der Waals surface area contributed by atoms with Crippen molar-refractivity contribution in [3.05, 3.63) is 30.0 Å². The minimum atomic E-state index is -0.0812. The van der Waals surface area contributed by atoms with Gasteiger partial charge in [-0.2, -0.15) is 5.10 Å². The number of benzene rings is 1. The second-order valence-corrected chi connectivity index (χ2v) is 6.02. The van der Waals surface area contributed by atoms with Crippen molar-refractivity contribution in [3.8, 4) is 0 Å². The third-order valence-corrected chi connectivity index (χ3v) is 3.68. The number of nitrogens with zero attached hydrogens (tertiary/aromatic N) is 3. The van der Waals surface area contributed by atoms with Crippen molar-refractivity contribution in [1.29, 1.82) is 0 Å². The number of para-hydroxylation sites is 1. The molecule has 1 atom stereocenters. The molecule has 0 aliphatic heterocycles. The molecule has 0 saturated heterocycles. The standard InChI is InChI=1S/C14H18BrN3O2/c1-17(8-10(15)9-20-3)14(19)13-11-6-4-5-7-12(11)18(2)16-13/h4-7,10H,8-9H2,1-3H3. The fraction of sp³-hybridized carbons (Fsp3) is 0.429. The van der Waals surface area contributed by atoms with Crippen LogP contribution in [0.25, 0.3) is 10.9 Å². The lowest BCUT2D eigenvalue weighted by molar-refractivity contribution is 0.0779. The summed E-state index contributed by atoms with van der Waals surface area (Å²) in [5.41, 5.74) is 1.44. The average Bonchev–Trinajstić information content (AvgIpc) is 2.76. The predicted molar refractivity (Wildman–Crippen MR) is 82.3 cm³/mol. The highest BCUT2D eigenvalue weighted by atomic mass is 79.9. The van der Waals surface area contributed by atoms with Crippen LogP contribution in [-0.2, 0) is 11.8 Å². The SMILES string of the molecule is COCC(Br)CN(C)C(=O)c1nn(C)c2ccccc12. The number of aromatic nitrogens is 2. The molecule has 5 nitrogen and oxygen atoms in total. The van der Waals surface area contributed by atoms with Gasteiger partial charge in [0.15, 0.2) is 5.69 Å². The monoisotopic (exact) mass is 339 g/mol. The summed E-state index contributed by atoms with van der Waals surface area (Å²) in [6.07, 6.45) is 0. The number of rotatable bonds is 5. The van der Waals surface area contributed by atoms with Gasteiger partial charge in [-0.25, -0.2) is 0 Å². The molecular weight excluding hydrogens is 322 g/mol. The second-order valence-electron chi connectivity index (χ2n) is 4.73. The molecule has 0 fully saturated rings. The molecule has 0 radical (unpaired) electrons. The fourth-order valence-corrected chi connectivity index (χ4v) is 2.86. The number of aryl methyl sites for hydroxylation is 1. The van der Waals surface area contributed by atoms with Crippen LogP contribution < -0.4 is 0 Å². The van der Waals surface area contributed by atoms with Gasteiger partial charge < -0.3 is 9.64 Å². The van der Waals surface area contributed by atoms with Crippen LogP contribution in [0.1, 0.15) is 10.5 Å². The van der Waals surface area contributed by atoms with Gasteiger partial charge in [0, 0.05) is 33.1 Å². The number of carbonyl (C=O) groups excluding carboxylic acids is 1. The molecule has 6 heteroatoms. The number of amides is 1. The van der Waals surface area contributed by atoms with Crippen LogP contribution in [0.3, 0.4) is 0 Å². The number of halogens is 1. The highest BCUT2D eigenvalue weighted by Crippen LogP contribution is 2.19. The molecule has 0 N–H and O–H groups in total. The highest BCUT2D eigenvalue weighted by molar-refractivity contribution is 9.09. The van der Waals surface area contributed by atoms with Crippen LogP contribution in [0.2, 0.25) is 0 Å². The molecule has 1 aromatic carbocycles. The van der Waals surface area contributed by atoms with Crippen LogP contribution >= 0.6 is 15.9 Å². The first-order chi connectivity index (χ1) is 9.54. The van der Waals surface area contributed by atoms with E-state index in [-0.39, 0.29) is 10.7 Å². The Morgan fingerprint density at radius 3 is 2.90 bits per heavy atom. The first-order valence-corrected chi connectivity index (χ1v) is 7.26. The van der Waals surface area contributed by atoms with Gasteiger partial charge in [0.05, 0.1) is 17.0 Å². The van der Waals surface area contributed by atoms with Crippen LogP contribution in [0, 0.1) is 0 Å². The van der Waals surface area contributed by atoms with Crippen LogP contribution in [0.4, 0.5) is 0 Å². The van der Waals surface area contributed by atoms with Crippen molar-refractivity contribution in [1.82, 2.24) is 14.7 Å². The normalized spacial score (nSPS) is 12.6. The van der Waals surface area contributed by atoms with Gasteiger partial charge in [0.1, 0.15) is 0 Å². The number of fused-ring (bicyclic) bond motifs is 1. The molecule has 0 aliphatic carbocycles. The lowest BCUT2D eigenvalue weighted by Crippen LogP contribution is -2.34. The lowest BCUT2D eigenvalue weighted by Gasteiger charge is -2.19. The van der Waals surface area contributed by atoms with Crippen molar-refractivity contribution in [2.45, 2.75) is 4.83 Å². The third-order valence-electron chi connectivity index (χ3n) is 3.13. The maximum absolute atomic E-state index is 12.5. The molecule has 2 rings (SSSR count). The number of carbonyl (C=O) groups is 1. The summed E-state index contributed by atoms with van der Waals surface area (Å²) in [7, 11) is 5.26. The topological polar surface area (TPSA) is 47.4 Å². The fourth-order valence-electron chi connectivity index (χ4n) is 2.17. The third kappa shape index (κ3) is 3.02. The Balaban J connectivity index is 2.23. The molecule has 1 amide bonds. The molecule has 20 heavy (non-hydrogen) atoms. The summed E-state index contributed by atoms with van der Waals surface area (Å²) in [4.78, 5) is 14.3. The maximum atomic E-state index is 12.5. The van der Waals surface area contributed by atoms with Gasteiger partial charge >= 0.3 is 0 Å². The molecular formula is C14H18BrN3O2. The Kier molecular flexibility index (Phi) is 4.77. The molecule has 108 valence electrons. The van der Waals surface area contributed by atoms with Crippen molar-refractivity contribution in [2.24, 2.45) is 7.05 Å². The molecule has 0 aliphatic rings. The second kappa shape index (κ2) is 6.37. The summed E-state index contributed by atoms with van der Waals surface area (Å²) < 4.78 is 6.79. The van der Waals surface area contributed by atoms with E-state index in [4.69, 9.17) is 4.74 Å². The quantitative estimate of drug-likeness (QED) is 0.783. The molecule has 0 spiro atoms. The summed E-state index contributed by atoms with van der Waals surface area (Å²) >= 11 is 3.49. The molecule has 1 aromatic heterocycles. The zero-order valence-electron chi connectivity index (χ0n) is 11.8. The van der Waals surface area contributed by atoms with E-state index in [1.54, 1.807) is 23.7 Å². The van der Waals surface area contributed by atoms with Crippen molar-refractivity contribution >= 4 is 32.7 Å². The number of hydrogen-bond donors (Lipinski definition) is 0. The Hall–Kier alpha value is -1.40. The van der Waals surface area contributed by atoms with E-state index in [0.717, 1.165) is 10.9 Å². The van der Waals surface area contributed by atoms with E-state index in [9.17, 15) is 4.79 Å². The average molecular weight is 340 g/mol. The van der Waals surface area contributed by atoms with E-state index in [1.165, 1.54) is 0 Å². The number of methoxy groups -OCH3 is 1. The van der Waals surface area contributed by atoms with Gasteiger partial charge in [0.25, 0.3) is 5.91 Å². The Labute approximate surface area is 126 Å². The van der Waals surface area contributed by atoms with Crippen molar-refractivity contribution < 1.29 is 9.53 Å². The minimum absolute atomic E-state index is 0.0812. The molecule has 0 saturated carbocycles. The molecule has 1 unspecified atom stereocenters. The molecule has 1 heterocycles. The largest absolute Gasteiger partial charge is 0.383 e. The van der Waals surface area contributed by atoms with Gasteiger partial charge in [0.2, 0.25) is 0 Å². The van der Waals surface area contributed by atoms with E-state index in [0.29, 0.717) is 18.8 Å². The Bertz CT molecular complexity index is 611. The summed E-state index contributed by atoms with van der Waals surface area (Å²) in [5.74, 6) is -0.0812. The van der Waals surface area contributed by atoms with E-state index < -0.39 is 0 Å². The smallest absolute Gasteiger partial charge is 0.274 e. The molecule has 2 aromatic rings. The van der Waals surface area contributed by atoms with Crippen LogP contribution in [-0.4, -0.2) is 52.7 Å². The zero-order chi connectivity index (χ0) is 14.7. The number of hydrogen-bond acceptors (Lipinski definition) is 3. The highest BCUT2D eigenvalue weighted by Gasteiger charge is 2.21. The Morgan fingerprint density at radius 1 is 1.50 bits per heavy atom. The first-order valence-electron chi connectivity index (χ1n) is 6.34. The van der Waals surface area contributed by atoms with Crippen LogP contribution in [0.5, 0.6) is 0 Å². The number of ether oxygens (including phenoxy) is 1. The first kappa shape index (κ1) is 15.0. The lowest BCUT2D eigenvalue weighted by atomic mass is 10.2. The van der Waals surface area contributed by atoms with Gasteiger partial charge in [-0.1, -0.05) is 34.1 Å². The maximum Gasteiger partial charge on any atom is 0.274 e. The van der Waals surface area contributed by atoms with E-state index in [1.807, 2.05) is 31.3 Å². The van der Waals surface area contributed by atoms with E-state index in [2.05, 4.69) is 21.0 Å². The summed E-state index contributed by atoms with van der Waals surface area (Å²) in [6.45, 7) is 1.12.